The Morgan fingerprint density at radius 1 is 0.565 bits per heavy atom. The van der Waals surface area contributed by atoms with Crippen molar-refractivity contribution in [2.45, 2.75) is 0 Å². The van der Waals surface area contributed by atoms with Gasteiger partial charge in [0.05, 0.1) is 0 Å². The molecular formula is C18H14CoN2O2+2. The first-order valence-corrected chi connectivity index (χ1v) is 6.81. The van der Waals surface area contributed by atoms with Gasteiger partial charge in [-0.1, -0.05) is 36.4 Å². The van der Waals surface area contributed by atoms with Gasteiger partial charge < -0.3 is 10.2 Å². The van der Waals surface area contributed by atoms with Crippen LogP contribution in [-0.4, -0.2) is 20.2 Å². The number of phenols is 2. The Morgan fingerprint density at radius 3 is 1.35 bits per heavy atom. The van der Waals surface area contributed by atoms with Crippen molar-refractivity contribution < 1.29 is 27.0 Å². The minimum Gasteiger partial charge on any atom is -0.506 e. The summed E-state index contributed by atoms with van der Waals surface area (Å²) in [7, 11) is 0. The van der Waals surface area contributed by atoms with Crippen molar-refractivity contribution in [2.24, 2.45) is 0 Å². The molecule has 0 spiro atoms. The fourth-order valence-electron chi connectivity index (χ4n) is 2.18. The smallest absolute Gasteiger partial charge is 0.506 e. The molecule has 2 N–H and O–H groups in total. The van der Waals surface area contributed by atoms with Gasteiger partial charge in [-0.05, 0) is 24.3 Å². The molecule has 4 rings (SSSR count). The van der Waals surface area contributed by atoms with Crippen molar-refractivity contribution in [2.75, 3.05) is 0 Å². The SMILES string of the molecule is Oc1cccc2cccnc12.Oc1cccc2cccnc12.[Co+2]. The van der Waals surface area contributed by atoms with E-state index in [-0.39, 0.29) is 28.3 Å². The maximum Gasteiger partial charge on any atom is 2.00 e. The molecule has 0 aliphatic rings. The van der Waals surface area contributed by atoms with E-state index in [0.717, 1.165) is 10.8 Å². The van der Waals surface area contributed by atoms with E-state index in [1.165, 1.54) is 0 Å². The quantitative estimate of drug-likeness (QED) is 0.506. The van der Waals surface area contributed by atoms with Crippen LogP contribution in [0.1, 0.15) is 0 Å². The van der Waals surface area contributed by atoms with Gasteiger partial charge in [0.25, 0.3) is 0 Å². The van der Waals surface area contributed by atoms with E-state index in [1.54, 1.807) is 36.7 Å². The number of benzene rings is 2. The summed E-state index contributed by atoms with van der Waals surface area (Å²) in [6, 6.07) is 18.3. The Balaban J connectivity index is 0.000000160. The van der Waals surface area contributed by atoms with Gasteiger partial charge >= 0.3 is 16.8 Å². The molecule has 115 valence electrons. The maximum atomic E-state index is 9.31. The number of aromatic nitrogens is 2. The summed E-state index contributed by atoms with van der Waals surface area (Å²) in [6.07, 6.45) is 3.34. The third-order valence-electron chi connectivity index (χ3n) is 3.22. The Bertz CT molecular complexity index is 841. The van der Waals surface area contributed by atoms with E-state index in [0.29, 0.717) is 11.0 Å². The molecule has 5 heteroatoms. The summed E-state index contributed by atoms with van der Waals surface area (Å²) in [4.78, 5) is 8.06. The van der Waals surface area contributed by atoms with Gasteiger partial charge in [-0.3, -0.25) is 9.97 Å². The van der Waals surface area contributed by atoms with Crippen LogP contribution in [0.4, 0.5) is 0 Å². The monoisotopic (exact) mass is 349 g/mol. The minimum absolute atomic E-state index is 0. The number of rotatable bonds is 0. The first-order valence-electron chi connectivity index (χ1n) is 6.81. The van der Waals surface area contributed by atoms with E-state index >= 15 is 0 Å². The number of pyridine rings is 2. The zero-order valence-electron chi connectivity index (χ0n) is 12.1. The zero-order chi connectivity index (χ0) is 15.4. The van der Waals surface area contributed by atoms with Gasteiger partial charge in [-0.15, -0.1) is 0 Å². The van der Waals surface area contributed by atoms with Crippen molar-refractivity contribution >= 4 is 21.8 Å². The van der Waals surface area contributed by atoms with Crippen molar-refractivity contribution in [1.29, 1.82) is 0 Å². The van der Waals surface area contributed by atoms with Crippen LogP contribution >= 0.6 is 0 Å². The summed E-state index contributed by atoms with van der Waals surface area (Å²) in [5.74, 6) is 0.478. The van der Waals surface area contributed by atoms with Crippen LogP contribution in [0, 0.1) is 0 Å². The normalized spacial score (nSPS) is 9.74. The molecule has 0 saturated carbocycles. The third-order valence-corrected chi connectivity index (χ3v) is 3.22. The van der Waals surface area contributed by atoms with Gasteiger partial charge in [0, 0.05) is 23.2 Å². The van der Waals surface area contributed by atoms with Gasteiger partial charge in [0.2, 0.25) is 0 Å². The second kappa shape index (κ2) is 7.58. The molecule has 0 saturated heterocycles. The average molecular weight is 349 g/mol. The first kappa shape index (κ1) is 16.7. The summed E-state index contributed by atoms with van der Waals surface area (Å²) < 4.78 is 0. The molecule has 1 radical (unpaired) electrons. The van der Waals surface area contributed by atoms with Crippen molar-refractivity contribution in [3.63, 3.8) is 0 Å². The molecule has 2 aromatic heterocycles. The van der Waals surface area contributed by atoms with E-state index in [2.05, 4.69) is 9.97 Å². The number of hydrogen-bond acceptors (Lipinski definition) is 4. The Hall–Kier alpha value is -2.63. The summed E-state index contributed by atoms with van der Waals surface area (Å²) >= 11 is 0. The van der Waals surface area contributed by atoms with E-state index in [9.17, 15) is 10.2 Å². The Morgan fingerprint density at radius 2 is 0.957 bits per heavy atom. The van der Waals surface area contributed by atoms with Crippen LogP contribution in [0.15, 0.2) is 73.1 Å². The van der Waals surface area contributed by atoms with Crippen molar-refractivity contribution in [3.8, 4) is 11.5 Å². The molecule has 0 amide bonds. The van der Waals surface area contributed by atoms with Crippen molar-refractivity contribution in [1.82, 2.24) is 9.97 Å². The second-order valence-electron chi connectivity index (χ2n) is 4.70. The molecule has 23 heavy (non-hydrogen) atoms. The summed E-state index contributed by atoms with van der Waals surface area (Å²) in [6.45, 7) is 0. The van der Waals surface area contributed by atoms with Crippen LogP contribution in [-0.2, 0) is 16.8 Å². The predicted molar refractivity (Wildman–Crippen MR) is 86.8 cm³/mol. The van der Waals surface area contributed by atoms with Crippen LogP contribution < -0.4 is 0 Å². The second-order valence-corrected chi connectivity index (χ2v) is 4.70. The molecule has 0 bridgehead atoms. The zero-order valence-corrected chi connectivity index (χ0v) is 13.1. The Kier molecular flexibility index (Phi) is 5.51. The minimum atomic E-state index is 0. The predicted octanol–water partition coefficient (Wildman–Crippen LogP) is 3.88. The molecule has 4 aromatic rings. The fourth-order valence-corrected chi connectivity index (χ4v) is 2.18. The number of phenolic OH excluding ortho intramolecular Hbond substituents is 2. The van der Waals surface area contributed by atoms with Crippen LogP contribution in [0.2, 0.25) is 0 Å². The number of hydrogen-bond donors (Lipinski definition) is 2. The molecule has 2 aromatic carbocycles. The number of fused-ring (bicyclic) bond motifs is 2. The number of para-hydroxylation sites is 2. The maximum absolute atomic E-state index is 9.31. The molecule has 0 unspecified atom stereocenters. The van der Waals surface area contributed by atoms with Gasteiger partial charge in [-0.2, -0.15) is 0 Å². The van der Waals surface area contributed by atoms with Gasteiger partial charge in [0.1, 0.15) is 22.5 Å². The molecule has 0 aliphatic carbocycles. The van der Waals surface area contributed by atoms with E-state index in [4.69, 9.17) is 0 Å². The average Bonchev–Trinajstić information content (AvgIpc) is 2.57. The third kappa shape index (κ3) is 3.77. The molecule has 0 atom stereocenters. The summed E-state index contributed by atoms with van der Waals surface area (Å²) in [5, 5.41) is 20.5. The standard InChI is InChI=1S/2C9H7NO.Co/c2*11-8-5-1-3-7-4-2-6-10-9(7)8;/h2*1-6,11H;/q;;+2. The van der Waals surface area contributed by atoms with Gasteiger partial charge in [0.15, 0.2) is 0 Å². The fraction of sp³-hybridized carbons (Fsp3) is 0. The molecular weight excluding hydrogens is 335 g/mol. The Labute approximate surface area is 143 Å². The van der Waals surface area contributed by atoms with Crippen molar-refractivity contribution in [3.05, 3.63) is 73.1 Å². The van der Waals surface area contributed by atoms with Crippen LogP contribution in [0.25, 0.3) is 21.8 Å². The molecule has 0 aliphatic heterocycles. The van der Waals surface area contributed by atoms with E-state index in [1.807, 2.05) is 36.4 Å². The van der Waals surface area contributed by atoms with Crippen LogP contribution in [0.5, 0.6) is 11.5 Å². The molecule has 2 heterocycles. The topological polar surface area (TPSA) is 66.2 Å². The largest absolute Gasteiger partial charge is 2.00 e. The number of nitrogens with zero attached hydrogens (tertiary/aromatic N) is 2. The number of aromatic hydroxyl groups is 2. The summed E-state index contributed by atoms with van der Waals surface area (Å²) in [5.41, 5.74) is 1.32. The first-order chi connectivity index (χ1) is 10.8. The molecule has 4 nitrogen and oxygen atoms in total. The van der Waals surface area contributed by atoms with Gasteiger partial charge in [-0.25, -0.2) is 0 Å². The van der Waals surface area contributed by atoms with E-state index < -0.39 is 0 Å². The molecule has 0 fully saturated rings. The van der Waals surface area contributed by atoms with Crippen LogP contribution in [0.3, 0.4) is 0 Å².